The van der Waals surface area contributed by atoms with E-state index in [1.807, 2.05) is 6.92 Å². The molecule has 0 aliphatic heterocycles. The molecule has 0 heterocycles. The van der Waals surface area contributed by atoms with Crippen LogP contribution in [0, 0.1) is 12.7 Å². The first kappa shape index (κ1) is 14.0. The number of ketones is 1. The van der Waals surface area contributed by atoms with Crippen LogP contribution >= 0.6 is 23.2 Å². The minimum Gasteiger partial charge on any atom is -0.294 e. The van der Waals surface area contributed by atoms with Crippen LogP contribution in [0.25, 0.3) is 0 Å². The summed E-state index contributed by atoms with van der Waals surface area (Å²) in [5.41, 5.74) is 1.54. The molecule has 0 aliphatic rings. The Morgan fingerprint density at radius 1 is 1.16 bits per heavy atom. The van der Waals surface area contributed by atoms with Gasteiger partial charge in [-0.25, -0.2) is 4.39 Å². The van der Waals surface area contributed by atoms with Gasteiger partial charge in [-0.3, -0.25) is 4.79 Å². The van der Waals surface area contributed by atoms with E-state index in [0.29, 0.717) is 10.6 Å². The highest BCUT2D eigenvalue weighted by molar-refractivity contribution is 6.32. The van der Waals surface area contributed by atoms with Crippen molar-refractivity contribution in [3.8, 4) is 0 Å². The van der Waals surface area contributed by atoms with Gasteiger partial charge < -0.3 is 0 Å². The zero-order valence-corrected chi connectivity index (χ0v) is 11.7. The van der Waals surface area contributed by atoms with Crippen LogP contribution in [0.15, 0.2) is 36.4 Å². The first-order chi connectivity index (χ1) is 8.99. The van der Waals surface area contributed by atoms with E-state index in [1.165, 1.54) is 12.1 Å². The molecule has 0 aromatic heterocycles. The molecule has 0 radical (unpaired) electrons. The van der Waals surface area contributed by atoms with Crippen molar-refractivity contribution in [1.29, 1.82) is 0 Å². The Morgan fingerprint density at radius 3 is 2.53 bits per heavy atom. The van der Waals surface area contributed by atoms with E-state index < -0.39 is 5.82 Å². The van der Waals surface area contributed by atoms with Gasteiger partial charge in [-0.2, -0.15) is 0 Å². The Balaban J connectivity index is 2.28. The maximum atomic E-state index is 13.6. The zero-order chi connectivity index (χ0) is 14.0. The fraction of sp³-hybridized carbons (Fsp3) is 0.133. The molecule has 4 heteroatoms. The Labute approximate surface area is 121 Å². The molecule has 0 saturated carbocycles. The molecule has 0 fully saturated rings. The smallest absolute Gasteiger partial charge is 0.167 e. The number of halogens is 3. The van der Waals surface area contributed by atoms with Gasteiger partial charge in [-0.05, 0) is 42.8 Å². The largest absolute Gasteiger partial charge is 0.294 e. The number of carbonyl (C=O) groups excluding carboxylic acids is 1. The molecule has 0 unspecified atom stereocenters. The number of Topliss-reactive ketones (excluding diaryl/α,β-unsaturated/α-hetero) is 1. The molecule has 0 aliphatic carbocycles. The maximum Gasteiger partial charge on any atom is 0.167 e. The van der Waals surface area contributed by atoms with Gasteiger partial charge in [0.2, 0.25) is 0 Å². The standard InChI is InChI=1S/C15H11Cl2FO/c1-9-7-10(5-6-12(9)16)15(19)8-11-13(17)3-2-4-14(11)18/h2-7H,8H2,1H3. The number of benzene rings is 2. The fourth-order valence-corrected chi connectivity index (χ4v) is 2.13. The highest BCUT2D eigenvalue weighted by Gasteiger charge is 2.14. The summed E-state index contributed by atoms with van der Waals surface area (Å²) >= 11 is 11.8. The average molecular weight is 297 g/mol. The summed E-state index contributed by atoms with van der Waals surface area (Å²) in [6, 6.07) is 9.36. The van der Waals surface area contributed by atoms with Crippen LogP contribution < -0.4 is 0 Å². The summed E-state index contributed by atoms with van der Waals surface area (Å²) in [5, 5.41) is 0.861. The second kappa shape index (κ2) is 5.72. The van der Waals surface area contributed by atoms with E-state index in [1.54, 1.807) is 24.3 Å². The highest BCUT2D eigenvalue weighted by atomic mass is 35.5. The van der Waals surface area contributed by atoms with Crippen molar-refractivity contribution in [3.05, 3.63) is 69.0 Å². The second-order valence-electron chi connectivity index (χ2n) is 4.26. The van der Waals surface area contributed by atoms with Crippen molar-refractivity contribution in [1.82, 2.24) is 0 Å². The summed E-state index contributed by atoms with van der Waals surface area (Å²) in [5.74, 6) is -0.654. The predicted octanol–water partition coefficient (Wildman–Crippen LogP) is 4.87. The van der Waals surface area contributed by atoms with Crippen molar-refractivity contribution in [2.24, 2.45) is 0 Å². The first-order valence-electron chi connectivity index (χ1n) is 5.71. The van der Waals surface area contributed by atoms with E-state index in [0.717, 1.165) is 5.56 Å². The summed E-state index contributed by atoms with van der Waals surface area (Å²) in [7, 11) is 0. The minimum atomic E-state index is -0.466. The summed E-state index contributed by atoms with van der Waals surface area (Å²) < 4.78 is 13.6. The van der Waals surface area contributed by atoms with Gasteiger partial charge in [0, 0.05) is 27.6 Å². The molecule has 0 atom stereocenters. The number of hydrogen-bond donors (Lipinski definition) is 0. The zero-order valence-electron chi connectivity index (χ0n) is 10.2. The molecule has 98 valence electrons. The lowest BCUT2D eigenvalue weighted by Crippen LogP contribution is -2.06. The summed E-state index contributed by atoms with van der Waals surface area (Å²) in [6.45, 7) is 1.81. The molecule has 0 N–H and O–H groups in total. The molecular weight excluding hydrogens is 286 g/mol. The fourth-order valence-electron chi connectivity index (χ4n) is 1.78. The normalized spacial score (nSPS) is 10.5. The van der Waals surface area contributed by atoms with Crippen molar-refractivity contribution < 1.29 is 9.18 Å². The number of aryl methyl sites for hydroxylation is 1. The lowest BCUT2D eigenvalue weighted by Gasteiger charge is -2.06. The molecule has 0 saturated heterocycles. The molecule has 0 spiro atoms. The Hall–Kier alpha value is -1.38. The second-order valence-corrected chi connectivity index (χ2v) is 5.08. The lowest BCUT2D eigenvalue weighted by atomic mass is 10.0. The molecule has 2 aromatic carbocycles. The van der Waals surface area contributed by atoms with Crippen LogP contribution in [-0.4, -0.2) is 5.78 Å². The van der Waals surface area contributed by atoms with Gasteiger partial charge >= 0.3 is 0 Å². The third kappa shape index (κ3) is 3.14. The number of rotatable bonds is 3. The quantitative estimate of drug-likeness (QED) is 0.739. The Bertz CT molecular complexity index is 618. The molecule has 1 nitrogen and oxygen atoms in total. The summed E-state index contributed by atoms with van der Waals surface area (Å²) in [4.78, 5) is 12.1. The van der Waals surface area contributed by atoms with E-state index in [9.17, 15) is 9.18 Å². The van der Waals surface area contributed by atoms with E-state index >= 15 is 0 Å². The van der Waals surface area contributed by atoms with Crippen LogP contribution in [0.5, 0.6) is 0 Å². The number of carbonyl (C=O) groups is 1. The van der Waals surface area contributed by atoms with Crippen LogP contribution in [0.1, 0.15) is 21.5 Å². The lowest BCUT2D eigenvalue weighted by molar-refractivity contribution is 0.0991. The molecule has 2 aromatic rings. The van der Waals surface area contributed by atoms with Crippen LogP contribution in [-0.2, 0) is 6.42 Å². The van der Waals surface area contributed by atoms with Crippen LogP contribution in [0.2, 0.25) is 10.0 Å². The molecule has 0 amide bonds. The van der Waals surface area contributed by atoms with Crippen LogP contribution in [0.4, 0.5) is 4.39 Å². The molecular formula is C15H11Cl2FO. The molecule has 2 rings (SSSR count). The van der Waals surface area contributed by atoms with Crippen molar-refractivity contribution in [2.75, 3.05) is 0 Å². The van der Waals surface area contributed by atoms with Crippen LogP contribution in [0.3, 0.4) is 0 Å². The predicted molar refractivity (Wildman–Crippen MR) is 75.6 cm³/mol. The van der Waals surface area contributed by atoms with Gasteiger partial charge in [-0.15, -0.1) is 0 Å². The van der Waals surface area contributed by atoms with E-state index in [-0.39, 0.29) is 22.8 Å². The SMILES string of the molecule is Cc1cc(C(=O)Cc2c(F)cccc2Cl)ccc1Cl. The Morgan fingerprint density at radius 2 is 1.89 bits per heavy atom. The van der Waals surface area contributed by atoms with E-state index in [2.05, 4.69) is 0 Å². The van der Waals surface area contributed by atoms with Gasteiger partial charge in [-0.1, -0.05) is 29.3 Å². The van der Waals surface area contributed by atoms with E-state index in [4.69, 9.17) is 23.2 Å². The summed E-state index contributed by atoms with van der Waals surface area (Å²) in [6.07, 6.45) is -0.0629. The minimum absolute atomic E-state index is 0.0629. The topological polar surface area (TPSA) is 17.1 Å². The maximum absolute atomic E-state index is 13.6. The van der Waals surface area contributed by atoms with Gasteiger partial charge in [0.1, 0.15) is 5.82 Å². The third-order valence-electron chi connectivity index (χ3n) is 2.88. The molecule has 0 bridgehead atoms. The average Bonchev–Trinajstić information content (AvgIpc) is 2.37. The monoisotopic (exact) mass is 296 g/mol. The number of hydrogen-bond acceptors (Lipinski definition) is 1. The van der Waals surface area contributed by atoms with Gasteiger partial charge in [0.25, 0.3) is 0 Å². The third-order valence-corrected chi connectivity index (χ3v) is 3.66. The van der Waals surface area contributed by atoms with Crippen molar-refractivity contribution >= 4 is 29.0 Å². The highest BCUT2D eigenvalue weighted by Crippen LogP contribution is 2.22. The molecule has 19 heavy (non-hydrogen) atoms. The van der Waals surface area contributed by atoms with Gasteiger partial charge in [0.05, 0.1) is 0 Å². The van der Waals surface area contributed by atoms with Crippen molar-refractivity contribution in [2.45, 2.75) is 13.3 Å². The van der Waals surface area contributed by atoms with Gasteiger partial charge in [0.15, 0.2) is 5.78 Å². The van der Waals surface area contributed by atoms with Crippen molar-refractivity contribution in [3.63, 3.8) is 0 Å². The first-order valence-corrected chi connectivity index (χ1v) is 6.47. The Kier molecular flexibility index (Phi) is 4.23.